The topological polar surface area (TPSA) is 65.0 Å². The zero-order valence-corrected chi connectivity index (χ0v) is 13.5. The first-order valence-electron chi connectivity index (χ1n) is 6.86. The van der Waals surface area contributed by atoms with E-state index in [9.17, 15) is 4.79 Å². The van der Waals surface area contributed by atoms with Crippen LogP contribution in [0.2, 0.25) is 0 Å². The zero-order chi connectivity index (χ0) is 16.2. The molecule has 1 aromatic rings. The van der Waals surface area contributed by atoms with Crippen LogP contribution < -0.4 is 14.2 Å². The Labute approximate surface area is 125 Å². The summed E-state index contributed by atoms with van der Waals surface area (Å²) < 4.78 is 16.5. The van der Waals surface area contributed by atoms with Gasteiger partial charge in [-0.15, -0.1) is 0 Å². The number of hydrogen-bond donors (Lipinski definition) is 1. The van der Waals surface area contributed by atoms with E-state index in [1.54, 1.807) is 26.4 Å². The summed E-state index contributed by atoms with van der Waals surface area (Å²) in [6, 6.07) is 3.54. The fourth-order valence-corrected chi connectivity index (χ4v) is 2.22. The average Bonchev–Trinajstić information content (AvgIpc) is 2.35. The minimum absolute atomic E-state index is 0.00138. The molecule has 0 spiro atoms. The molecule has 0 heterocycles. The Kier molecular flexibility index (Phi) is 5.47. The van der Waals surface area contributed by atoms with E-state index in [2.05, 4.69) is 0 Å². The van der Waals surface area contributed by atoms with Crippen molar-refractivity contribution in [2.45, 2.75) is 45.6 Å². The molecule has 5 heteroatoms. The quantitative estimate of drug-likeness (QED) is 0.836. The highest BCUT2D eigenvalue weighted by molar-refractivity contribution is 5.69. The molecule has 0 aliphatic heterocycles. The smallest absolute Gasteiger partial charge is 0.304 e. The summed E-state index contributed by atoms with van der Waals surface area (Å²) in [5.74, 6) is 0.887. The van der Waals surface area contributed by atoms with Crippen molar-refractivity contribution in [1.82, 2.24) is 0 Å². The van der Waals surface area contributed by atoms with Crippen LogP contribution in [0.1, 0.15) is 39.7 Å². The highest BCUT2D eigenvalue weighted by atomic mass is 16.5. The second kappa shape index (κ2) is 6.70. The molecule has 21 heavy (non-hydrogen) atoms. The number of carboxylic acid groups (broad SMARTS) is 1. The summed E-state index contributed by atoms with van der Waals surface area (Å²) in [5.41, 5.74) is 0.196. The van der Waals surface area contributed by atoms with Crippen LogP contribution in [0.5, 0.6) is 17.2 Å². The Hall–Kier alpha value is -1.91. The fourth-order valence-electron chi connectivity index (χ4n) is 2.22. The van der Waals surface area contributed by atoms with Gasteiger partial charge in [0.2, 0.25) is 0 Å². The Morgan fingerprint density at radius 2 is 1.71 bits per heavy atom. The first-order valence-corrected chi connectivity index (χ1v) is 6.86. The van der Waals surface area contributed by atoms with Crippen LogP contribution in [0.3, 0.4) is 0 Å². The molecule has 0 aromatic heterocycles. The maximum atomic E-state index is 11.1. The van der Waals surface area contributed by atoms with Gasteiger partial charge < -0.3 is 19.3 Å². The van der Waals surface area contributed by atoms with Crippen molar-refractivity contribution in [3.63, 3.8) is 0 Å². The number of rotatable bonds is 7. The molecule has 0 saturated carbocycles. The first kappa shape index (κ1) is 17.1. The van der Waals surface area contributed by atoms with Crippen molar-refractivity contribution >= 4 is 5.97 Å². The highest BCUT2D eigenvalue weighted by Crippen LogP contribution is 2.42. The molecule has 0 aliphatic carbocycles. The van der Waals surface area contributed by atoms with Gasteiger partial charge in [0, 0.05) is 17.0 Å². The van der Waals surface area contributed by atoms with Gasteiger partial charge in [0.1, 0.15) is 5.75 Å². The Morgan fingerprint density at radius 1 is 1.14 bits per heavy atom. The van der Waals surface area contributed by atoms with Gasteiger partial charge in [-0.3, -0.25) is 4.79 Å². The summed E-state index contributed by atoms with van der Waals surface area (Å²) in [6.45, 7) is 7.57. The third-order valence-electron chi connectivity index (χ3n) is 3.17. The maximum absolute atomic E-state index is 11.1. The van der Waals surface area contributed by atoms with Crippen LogP contribution in [0.4, 0.5) is 0 Å². The van der Waals surface area contributed by atoms with Crippen molar-refractivity contribution in [1.29, 1.82) is 0 Å². The minimum Gasteiger partial charge on any atom is -0.496 e. The maximum Gasteiger partial charge on any atom is 0.304 e. The van der Waals surface area contributed by atoms with Gasteiger partial charge in [0.15, 0.2) is 11.5 Å². The predicted octanol–water partition coefficient (Wildman–Crippen LogP) is 3.24. The highest BCUT2D eigenvalue weighted by Gasteiger charge is 2.29. The Balaban J connectivity index is 3.35. The molecule has 1 rings (SSSR count). The number of benzene rings is 1. The van der Waals surface area contributed by atoms with Gasteiger partial charge in [-0.05, 0) is 19.9 Å². The van der Waals surface area contributed by atoms with E-state index in [4.69, 9.17) is 19.3 Å². The van der Waals surface area contributed by atoms with Crippen LogP contribution in [0.15, 0.2) is 12.1 Å². The molecule has 0 unspecified atom stereocenters. The van der Waals surface area contributed by atoms with E-state index in [1.165, 1.54) is 0 Å². The molecule has 1 aromatic carbocycles. The first-order chi connectivity index (χ1) is 9.71. The van der Waals surface area contributed by atoms with Crippen molar-refractivity contribution in [2.75, 3.05) is 14.2 Å². The summed E-state index contributed by atoms with van der Waals surface area (Å²) in [7, 11) is 3.12. The van der Waals surface area contributed by atoms with Crippen molar-refractivity contribution in [3.05, 3.63) is 17.7 Å². The van der Waals surface area contributed by atoms with Gasteiger partial charge in [-0.1, -0.05) is 13.8 Å². The lowest BCUT2D eigenvalue weighted by atomic mass is 9.81. The third kappa shape index (κ3) is 4.28. The lowest BCUT2D eigenvalue weighted by molar-refractivity contribution is -0.138. The number of carbonyl (C=O) groups is 1. The molecule has 0 fully saturated rings. The SMILES string of the molecule is COc1cc(C(C)(C)CC(=O)O)c(OC)cc1OC(C)C. The van der Waals surface area contributed by atoms with Crippen LogP contribution in [-0.4, -0.2) is 31.4 Å². The Bertz CT molecular complexity index is 506. The lowest BCUT2D eigenvalue weighted by Gasteiger charge is -2.27. The fraction of sp³-hybridized carbons (Fsp3) is 0.562. The van der Waals surface area contributed by atoms with E-state index in [0.717, 1.165) is 5.56 Å². The monoisotopic (exact) mass is 296 g/mol. The second-order valence-corrected chi connectivity index (χ2v) is 5.82. The van der Waals surface area contributed by atoms with Gasteiger partial charge >= 0.3 is 5.97 Å². The number of ether oxygens (including phenoxy) is 3. The van der Waals surface area contributed by atoms with E-state index >= 15 is 0 Å². The molecule has 1 N–H and O–H groups in total. The molecule has 0 amide bonds. The molecule has 0 atom stereocenters. The molecular formula is C16H24O5. The zero-order valence-electron chi connectivity index (χ0n) is 13.5. The summed E-state index contributed by atoms with van der Waals surface area (Å²) in [6.07, 6.45) is -0.00170. The van der Waals surface area contributed by atoms with Crippen LogP contribution >= 0.6 is 0 Å². The van der Waals surface area contributed by atoms with Gasteiger partial charge in [0.25, 0.3) is 0 Å². The minimum atomic E-state index is -0.858. The lowest BCUT2D eigenvalue weighted by Crippen LogP contribution is -2.22. The normalized spacial score (nSPS) is 11.4. The summed E-state index contributed by atoms with van der Waals surface area (Å²) >= 11 is 0. The molecular weight excluding hydrogens is 272 g/mol. The molecule has 5 nitrogen and oxygen atoms in total. The largest absolute Gasteiger partial charge is 0.496 e. The Morgan fingerprint density at radius 3 is 2.14 bits per heavy atom. The van der Waals surface area contributed by atoms with E-state index in [1.807, 2.05) is 27.7 Å². The number of carboxylic acids is 1. The van der Waals surface area contributed by atoms with Gasteiger partial charge in [-0.2, -0.15) is 0 Å². The molecule has 0 radical (unpaired) electrons. The predicted molar refractivity (Wildman–Crippen MR) is 80.6 cm³/mol. The average molecular weight is 296 g/mol. The molecule has 0 aliphatic rings. The van der Waals surface area contributed by atoms with Gasteiger partial charge in [0.05, 0.1) is 26.7 Å². The molecule has 118 valence electrons. The second-order valence-electron chi connectivity index (χ2n) is 5.82. The van der Waals surface area contributed by atoms with E-state index in [-0.39, 0.29) is 12.5 Å². The summed E-state index contributed by atoms with van der Waals surface area (Å²) in [4.78, 5) is 11.1. The van der Waals surface area contributed by atoms with Crippen LogP contribution in [0, 0.1) is 0 Å². The number of hydrogen-bond acceptors (Lipinski definition) is 4. The third-order valence-corrected chi connectivity index (χ3v) is 3.17. The molecule has 0 saturated heterocycles. The standard InChI is InChI=1S/C16H24O5/c1-10(2)21-14-8-12(19-5)11(7-13(14)20-6)16(3,4)9-15(17)18/h7-8,10H,9H2,1-6H3,(H,17,18). The van der Waals surface area contributed by atoms with Crippen molar-refractivity contribution < 1.29 is 24.1 Å². The van der Waals surface area contributed by atoms with Crippen molar-refractivity contribution in [2.24, 2.45) is 0 Å². The number of aliphatic carboxylic acids is 1. The van der Waals surface area contributed by atoms with Crippen molar-refractivity contribution in [3.8, 4) is 17.2 Å². The molecule has 0 bridgehead atoms. The van der Waals surface area contributed by atoms with E-state index < -0.39 is 11.4 Å². The number of methoxy groups -OCH3 is 2. The van der Waals surface area contributed by atoms with Crippen LogP contribution in [0.25, 0.3) is 0 Å². The van der Waals surface area contributed by atoms with E-state index in [0.29, 0.717) is 17.2 Å². The van der Waals surface area contributed by atoms with Crippen LogP contribution in [-0.2, 0) is 10.2 Å². The summed E-state index contributed by atoms with van der Waals surface area (Å²) in [5, 5.41) is 9.08. The van der Waals surface area contributed by atoms with Gasteiger partial charge in [-0.25, -0.2) is 0 Å².